The molecule has 1 nitrogen and oxygen atoms in total. The number of halogens is 1. The summed E-state index contributed by atoms with van der Waals surface area (Å²) in [6.07, 6.45) is 5.01. The van der Waals surface area contributed by atoms with E-state index in [0.717, 1.165) is 20.5 Å². The van der Waals surface area contributed by atoms with E-state index in [9.17, 15) is 9.18 Å². The molecule has 0 amide bonds. The van der Waals surface area contributed by atoms with Crippen molar-refractivity contribution in [2.45, 2.75) is 13.8 Å². The summed E-state index contributed by atoms with van der Waals surface area (Å²) < 4.78 is 15.0. The molecule has 0 aliphatic carbocycles. The minimum absolute atomic E-state index is 0.159. The molecule has 0 fully saturated rings. The summed E-state index contributed by atoms with van der Waals surface area (Å²) in [4.78, 5) is 13.6. The topological polar surface area (TPSA) is 17.1 Å². The summed E-state index contributed by atoms with van der Waals surface area (Å²) in [5, 5.41) is 0.582. The van der Waals surface area contributed by atoms with Gasteiger partial charge in [-0.1, -0.05) is 12.7 Å². The van der Waals surface area contributed by atoms with Gasteiger partial charge in [-0.15, -0.1) is 22.7 Å². The molecule has 88 valence electrons. The first kappa shape index (κ1) is 12.2. The Morgan fingerprint density at radius 2 is 2.12 bits per heavy atom. The highest BCUT2D eigenvalue weighted by molar-refractivity contribution is 7.26. The van der Waals surface area contributed by atoms with Crippen molar-refractivity contribution in [2.75, 3.05) is 0 Å². The maximum Gasteiger partial charge on any atom is 0.198 e. The fourth-order valence-electron chi connectivity index (χ4n) is 1.67. The van der Waals surface area contributed by atoms with Crippen molar-refractivity contribution in [3.05, 3.63) is 39.2 Å². The number of aryl methyl sites for hydroxylation is 1. The zero-order valence-electron chi connectivity index (χ0n) is 9.54. The number of hydrogen-bond donors (Lipinski definition) is 0. The second kappa shape index (κ2) is 4.55. The standard InChI is InChI=1S/C13H11FOS2/c1-4-6-9-13-10(7(3)16-9)11(14)12(17-13)8(15)5-2/h4-6H,2H2,1,3H3/b6-4+. The molecule has 0 bridgehead atoms. The monoisotopic (exact) mass is 266 g/mol. The number of hydrogen-bond acceptors (Lipinski definition) is 3. The van der Waals surface area contributed by atoms with Crippen molar-refractivity contribution < 1.29 is 9.18 Å². The molecule has 2 heterocycles. The lowest BCUT2D eigenvalue weighted by atomic mass is 10.2. The normalized spacial score (nSPS) is 11.5. The van der Waals surface area contributed by atoms with Gasteiger partial charge < -0.3 is 0 Å². The van der Waals surface area contributed by atoms with Crippen molar-refractivity contribution in [1.29, 1.82) is 0 Å². The van der Waals surface area contributed by atoms with Crippen molar-refractivity contribution in [2.24, 2.45) is 0 Å². The highest BCUT2D eigenvalue weighted by Gasteiger charge is 2.21. The summed E-state index contributed by atoms with van der Waals surface area (Å²) in [6, 6.07) is 0. The Hall–Kier alpha value is -1.26. The van der Waals surface area contributed by atoms with Crippen LogP contribution in [0.4, 0.5) is 4.39 Å². The van der Waals surface area contributed by atoms with Crippen LogP contribution in [-0.4, -0.2) is 5.78 Å². The third kappa shape index (κ3) is 1.87. The van der Waals surface area contributed by atoms with Crippen molar-refractivity contribution in [3.63, 3.8) is 0 Å². The molecule has 0 atom stereocenters. The first-order valence-corrected chi connectivity index (χ1v) is 6.74. The lowest BCUT2D eigenvalue weighted by Crippen LogP contribution is -1.92. The van der Waals surface area contributed by atoms with E-state index in [1.54, 1.807) is 11.3 Å². The number of thiophene rings is 2. The van der Waals surface area contributed by atoms with Crippen LogP contribution in [0.15, 0.2) is 18.7 Å². The Balaban J connectivity index is 2.77. The van der Waals surface area contributed by atoms with E-state index in [0.29, 0.717) is 5.39 Å². The predicted molar refractivity (Wildman–Crippen MR) is 73.6 cm³/mol. The summed E-state index contributed by atoms with van der Waals surface area (Å²) >= 11 is 2.75. The number of carbonyl (C=O) groups is 1. The van der Waals surface area contributed by atoms with Crippen LogP contribution in [0, 0.1) is 12.7 Å². The van der Waals surface area contributed by atoms with Crippen LogP contribution < -0.4 is 0 Å². The maximum atomic E-state index is 14.1. The average molecular weight is 266 g/mol. The predicted octanol–water partition coefficient (Wildman–Crippen LogP) is 4.81. The Labute approximate surface area is 107 Å². The van der Waals surface area contributed by atoms with Gasteiger partial charge in [0.2, 0.25) is 0 Å². The van der Waals surface area contributed by atoms with E-state index in [-0.39, 0.29) is 10.7 Å². The molecular weight excluding hydrogens is 255 g/mol. The van der Waals surface area contributed by atoms with Crippen LogP contribution in [0.25, 0.3) is 16.2 Å². The van der Waals surface area contributed by atoms with Gasteiger partial charge >= 0.3 is 0 Å². The van der Waals surface area contributed by atoms with E-state index >= 15 is 0 Å². The van der Waals surface area contributed by atoms with E-state index in [1.807, 2.05) is 26.0 Å². The molecule has 0 unspecified atom stereocenters. The molecule has 17 heavy (non-hydrogen) atoms. The van der Waals surface area contributed by atoms with Crippen LogP contribution in [0.2, 0.25) is 0 Å². The molecule has 0 saturated heterocycles. The van der Waals surface area contributed by atoms with Gasteiger partial charge in [-0.05, 0) is 26.0 Å². The van der Waals surface area contributed by atoms with Gasteiger partial charge in [0.05, 0.1) is 4.70 Å². The first-order valence-electron chi connectivity index (χ1n) is 5.11. The molecule has 2 rings (SSSR count). The fraction of sp³-hybridized carbons (Fsp3) is 0.154. The van der Waals surface area contributed by atoms with Gasteiger partial charge in [0.15, 0.2) is 11.6 Å². The van der Waals surface area contributed by atoms with Gasteiger partial charge in [0, 0.05) is 15.1 Å². The molecule has 0 aliphatic rings. The Kier molecular flexibility index (Phi) is 3.26. The summed E-state index contributed by atoms with van der Waals surface area (Å²) in [7, 11) is 0. The SMILES string of the molecule is C=CC(=O)c1sc2c(/C=C/C)sc(C)c2c1F. The van der Waals surface area contributed by atoms with Gasteiger partial charge in [-0.25, -0.2) is 4.39 Å². The Bertz CT molecular complexity index is 631. The molecule has 0 radical (unpaired) electrons. The van der Waals surface area contributed by atoms with Crippen LogP contribution in [-0.2, 0) is 0 Å². The second-order valence-corrected chi connectivity index (χ2v) is 5.82. The second-order valence-electron chi connectivity index (χ2n) is 3.54. The van der Waals surface area contributed by atoms with Crippen LogP contribution in [0.3, 0.4) is 0 Å². The molecule has 0 aliphatic heterocycles. The van der Waals surface area contributed by atoms with Crippen molar-refractivity contribution >= 4 is 44.6 Å². The maximum absolute atomic E-state index is 14.1. The van der Waals surface area contributed by atoms with E-state index in [4.69, 9.17) is 0 Å². The third-order valence-corrected chi connectivity index (χ3v) is 4.83. The number of ketones is 1. The summed E-state index contributed by atoms with van der Waals surface area (Å²) in [5.41, 5.74) is 0. The van der Waals surface area contributed by atoms with Gasteiger partial charge in [-0.3, -0.25) is 4.79 Å². The van der Waals surface area contributed by atoms with E-state index in [1.165, 1.54) is 11.3 Å². The highest BCUT2D eigenvalue weighted by Crippen LogP contribution is 2.40. The van der Waals surface area contributed by atoms with Gasteiger partial charge in [-0.2, -0.15) is 0 Å². The highest BCUT2D eigenvalue weighted by atomic mass is 32.1. The van der Waals surface area contributed by atoms with Gasteiger partial charge in [0.1, 0.15) is 4.88 Å². The largest absolute Gasteiger partial charge is 0.288 e. The third-order valence-electron chi connectivity index (χ3n) is 2.42. The first-order chi connectivity index (χ1) is 8.10. The Morgan fingerprint density at radius 1 is 1.41 bits per heavy atom. The van der Waals surface area contributed by atoms with E-state index in [2.05, 4.69) is 6.58 Å². The minimum atomic E-state index is -0.403. The fourth-order valence-corrected chi connectivity index (χ4v) is 4.10. The molecule has 0 saturated carbocycles. The number of allylic oxidation sites excluding steroid dienone is 2. The molecular formula is C13H11FOS2. The molecule has 2 aromatic rings. The van der Waals surface area contributed by atoms with E-state index < -0.39 is 5.82 Å². The molecule has 0 spiro atoms. The lowest BCUT2D eigenvalue weighted by molar-refractivity contribution is 0.104. The quantitative estimate of drug-likeness (QED) is 0.575. The average Bonchev–Trinajstić information content (AvgIpc) is 2.79. The number of fused-ring (bicyclic) bond motifs is 1. The smallest absolute Gasteiger partial charge is 0.198 e. The number of rotatable bonds is 3. The van der Waals surface area contributed by atoms with Crippen LogP contribution in [0.5, 0.6) is 0 Å². The van der Waals surface area contributed by atoms with Gasteiger partial charge in [0.25, 0.3) is 0 Å². The Morgan fingerprint density at radius 3 is 2.71 bits per heavy atom. The van der Waals surface area contributed by atoms with Crippen molar-refractivity contribution in [1.82, 2.24) is 0 Å². The zero-order valence-corrected chi connectivity index (χ0v) is 11.2. The van der Waals surface area contributed by atoms with Crippen LogP contribution >= 0.6 is 22.7 Å². The molecule has 0 aromatic carbocycles. The van der Waals surface area contributed by atoms with Crippen LogP contribution in [0.1, 0.15) is 26.3 Å². The van der Waals surface area contributed by atoms with Crippen molar-refractivity contribution in [3.8, 4) is 0 Å². The summed E-state index contributed by atoms with van der Waals surface area (Å²) in [6.45, 7) is 7.18. The lowest BCUT2D eigenvalue weighted by Gasteiger charge is -1.90. The number of carbonyl (C=O) groups excluding carboxylic acids is 1. The summed E-state index contributed by atoms with van der Waals surface area (Å²) in [5.74, 6) is -0.751. The molecule has 0 N–H and O–H groups in total. The zero-order chi connectivity index (χ0) is 12.6. The molecule has 4 heteroatoms. The minimum Gasteiger partial charge on any atom is -0.288 e. The molecule has 2 aromatic heterocycles.